The lowest BCUT2D eigenvalue weighted by molar-refractivity contribution is -0.139. The highest BCUT2D eigenvalue weighted by molar-refractivity contribution is 7.07. The molecule has 1 atom stereocenters. The molecular weight excluding hydrogens is 611 g/mol. The zero-order chi connectivity index (χ0) is 31.5. The first kappa shape index (κ1) is 30.7. The Hall–Kier alpha value is -4.74. The van der Waals surface area contributed by atoms with E-state index in [1.165, 1.54) is 48.1 Å². The molecule has 0 saturated heterocycles. The number of benzene rings is 3. The minimum Gasteiger partial charge on any atom is -0.493 e. The van der Waals surface area contributed by atoms with Gasteiger partial charge in [0.25, 0.3) is 5.56 Å². The molecule has 0 amide bonds. The first-order chi connectivity index (χ1) is 21.1. The van der Waals surface area contributed by atoms with Crippen molar-refractivity contribution < 1.29 is 33.3 Å². The van der Waals surface area contributed by atoms with Gasteiger partial charge in [0.15, 0.2) is 16.3 Å². The molecule has 1 aromatic heterocycles. The highest BCUT2D eigenvalue weighted by Gasteiger charge is 2.33. The molecule has 1 unspecified atom stereocenters. The summed E-state index contributed by atoms with van der Waals surface area (Å²) >= 11 is 7.71. The third-order valence-corrected chi connectivity index (χ3v) is 8.07. The van der Waals surface area contributed by atoms with Crippen LogP contribution in [0.1, 0.15) is 46.9 Å². The monoisotopic (exact) mass is 636 g/mol. The minimum absolute atomic E-state index is 0.0423. The molecule has 9 nitrogen and oxygen atoms in total. The van der Waals surface area contributed by atoms with Crippen molar-refractivity contribution in [3.05, 3.63) is 125 Å². The van der Waals surface area contributed by atoms with Gasteiger partial charge in [-0.1, -0.05) is 47.2 Å². The molecule has 3 aromatic carbocycles. The molecule has 0 spiro atoms. The van der Waals surface area contributed by atoms with Gasteiger partial charge in [-0.15, -0.1) is 0 Å². The molecule has 0 bridgehead atoms. The summed E-state index contributed by atoms with van der Waals surface area (Å²) in [6, 6.07) is 14.3. The van der Waals surface area contributed by atoms with Gasteiger partial charge in [-0.05, 0) is 73.0 Å². The predicted octanol–water partition coefficient (Wildman–Crippen LogP) is 4.88. The second-order valence-electron chi connectivity index (χ2n) is 9.68. The molecule has 12 heteroatoms. The maximum absolute atomic E-state index is 13.8. The minimum atomic E-state index is -1.05. The molecule has 4 aromatic rings. The highest BCUT2D eigenvalue weighted by Crippen LogP contribution is 2.37. The summed E-state index contributed by atoms with van der Waals surface area (Å²) in [5.74, 6) is -1.56. The van der Waals surface area contributed by atoms with Crippen molar-refractivity contribution in [2.45, 2.75) is 26.5 Å². The summed E-state index contributed by atoms with van der Waals surface area (Å²) in [6.07, 6.45) is 1.63. The molecule has 5 rings (SSSR count). The molecule has 1 N–H and O–H groups in total. The zero-order valence-electron chi connectivity index (χ0n) is 23.8. The first-order valence-corrected chi connectivity index (χ1v) is 14.6. The Bertz CT molecular complexity index is 1980. The van der Waals surface area contributed by atoms with Crippen LogP contribution >= 0.6 is 22.9 Å². The molecule has 44 heavy (non-hydrogen) atoms. The van der Waals surface area contributed by atoms with E-state index in [1.54, 1.807) is 44.2 Å². The van der Waals surface area contributed by atoms with Gasteiger partial charge >= 0.3 is 11.9 Å². The van der Waals surface area contributed by atoms with E-state index in [0.717, 1.165) is 11.3 Å². The Balaban J connectivity index is 1.55. The highest BCUT2D eigenvalue weighted by atomic mass is 35.5. The van der Waals surface area contributed by atoms with Crippen molar-refractivity contribution in [1.29, 1.82) is 0 Å². The number of carboxylic acids is 1. The van der Waals surface area contributed by atoms with Gasteiger partial charge in [0.1, 0.15) is 12.4 Å². The Morgan fingerprint density at radius 1 is 1.16 bits per heavy atom. The van der Waals surface area contributed by atoms with Crippen molar-refractivity contribution in [1.82, 2.24) is 4.57 Å². The van der Waals surface area contributed by atoms with Crippen LogP contribution < -0.4 is 24.4 Å². The van der Waals surface area contributed by atoms with Crippen LogP contribution in [0.2, 0.25) is 5.02 Å². The Morgan fingerprint density at radius 2 is 1.91 bits per heavy atom. The summed E-state index contributed by atoms with van der Waals surface area (Å²) in [4.78, 5) is 43.1. The molecule has 0 saturated carbocycles. The number of hydrogen-bond donors (Lipinski definition) is 1. The summed E-state index contributed by atoms with van der Waals surface area (Å²) in [5, 5.41) is 9.46. The average Bonchev–Trinajstić information content (AvgIpc) is 3.30. The van der Waals surface area contributed by atoms with Crippen LogP contribution in [-0.4, -0.2) is 35.3 Å². The molecular formula is C32H26ClFN2O7S. The van der Waals surface area contributed by atoms with E-state index >= 15 is 0 Å². The fraction of sp³-hybridized carbons (Fsp3) is 0.188. The summed E-state index contributed by atoms with van der Waals surface area (Å²) < 4.78 is 32.2. The van der Waals surface area contributed by atoms with E-state index in [2.05, 4.69) is 4.99 Å². The molecule has 2 heterocycles. The normalized spacial score (nSPS) is 14.6. The number of aromatic nitrogens is 1. The number of carbonyl (C=O) groups excluding carboxylic acids is 1. The van der Waals surface area contributed by atoms with Crippen molar-refractivity contribution in [3.63, 3.8) is 0 Å². The van der Waals surface area contributed by atoms with Gasteiger partial charge in [0, 0.05) is 0 Å². The third-order valence-electron chi connectivity index (χ3n) is 6.81. The standard InChI is InChI=1S/C32H26ClFN2O7S/c1-4-42-31(40)26-17(2)35-32-36(27(26)20-8-10-22(34)11-9-20)29(37)25(44-32)15-19-13-23(33)28(24(14-19)41-3)43-16-18-6-5-7-21(12-18)30(38)39/h5-15,27H,4,16H2,1-3H3,(H,38,39)/b25-15+. The number of esters is 1. The number of aromatic carboxylic acids is 1. The summed E-state index contributed by atoms with van der Waals surface area (Å²) in [6.45, 7) is 3.53. The summed E-state index contributed by atoms with van der Waals surface area (Å²) in [7, 11) is 1.45. The van der Waals surface area contributed by atoms with E-state index in [1.807, 2.05) is 0 Å². The molecule has 226 valence electrons. The van der Waals surface area contributed by atoms with Gasteiger partial charge in [-0.2, -0.15) is 0 Å². The molecule has 0 fully saturated rings. The number of halogens is 2. The van der Waals surface area contributed by atoms with Crippen LogP contribution in [0.5, 0.6) is 11.5 Å². The van der Waals surface area contributed by atoms with Gasteiger partial charge in [0.05, 0.1) is 46.1 Å². The quantitative estimate of drug-likeness (QED) is 0.261. The molecule has 1 aliphatic rings. The van der Waals surface area contributed by atoms with Crippen LogP contribution in [0.3, 0.4) is 0 Å². The van der Waals surface area contributed by atoms with Crippen molar-refractivity contribution in [2.24, 2.45) is 4.99 Å². The van der Waals surface area contributed by atoms with Gasteiger partial charge < -0.3 is 19.3 Å². The van der Waals surface area contributed by atoms with Crippen LogP contribution in [0.4, 0.5) is 4.39 Å². The van der Waals surface area contributed by atoms with Crippen molar-refractivity contribution >= 4 is 41.0 Å². The van der Waals surface area contributed by atoms with Crippen LogP contribution in [0, 0.1) is 5.82 Å². The average molecular weight is 637 g/mol. The SMILES string of the molecule is CCOC(=O)C1=C(C)N=c2s/c(=C/c3cc(Cl)c(OCc4cccc(C(=O)O)c4)c(OC)c3)c(=O)n2C1c1ccc(F)cc1. The van der Waals surface area contributed by atoms with Gasteiger partial charge in [0.2, 0.25) is 0 Å². The second-order valence-corrected chi connectivity index (χ2v) is 11.1. The predicted molar refractivity (Wildman–Crippen MR) is 163 cm³/mol. The Kier molecular flexibility index (Phi) is 8.98. The van der Waals surface area contributed by atoms with E-state index in [4.69, 9.17) is 25.8 Å². The largest absolute Gasteiger partial charge is 0.493 e. The lowest BCUT2D eigenvalue weighted by Gasteiger charge is -2.24. The number of thiazole rings is 1. The van der Waals surface area contributed by atoms with E-state index < -0.39 is 29.4 Å². The molecule has 0 aliphatic carbocycles. The summed E-state index contributed by atoms with van der Waals surface area (Å²) in [5.41, 5.74) is 2.00. The number of fused-ring (bicyclic) bond motifs is 1. The maximum Gasteiger partial charge on any atom is 0.338 e. The van der Waals surface area contributed by atoms with E-state index in [9.17, 15) is 23.9 Å². The lowest BCUT2D eigenvalue weighted by Crippen LogP contribution is -2.39. The number of nitrogens with zero attached hydrogens (tertiary/aromatic N) is 2. The lowest BCUT2D eigenvalue weighted by atomic mass is 9.96. The first-order valence-electron chi connectivity index (χ1n) is 13.4. The fourth-order valence-electron chi connectivity index (χ4n) is 4.82. The van der Waals surface area contributed by atoms with Crippen molar-refractivity contribution in [3.8, 4) is 11.5 Å². The van der Waals surface area contributed by atoms with Crippen LogP contribution in [0.25, 0.3) is 6.08 Å². The van der Waals surface area contributed by atoms with E-state index in [-0.39, 0.29) is 35.1 Å². The molecule has 1 aliphatic heterocycles. The number of methoxy groups -OCH3 is 1. The number of carbonyl (C=O) groups is 2. The Labute approximate surface area is 259 Å². The number of rotatable bonds is 9. The Morgan fingerprint density at radius 3 is 2.59 bits per heavy atom. The maximum atomic E-state index is 13.8. The van der Waals surface area contributed by atoms with Crippen LogP contribution in [0.15, 0.2) is 81.7 Å². The van der Waals surface area contributed by atoms with Crippen molar-refractivity contribution in [2.75, 3.05) is 13.7 Å². The van der Waals surface area contributed by atoms with E-state index in [0.29, 0.717) is 37.5 Å². The van der Waals surface area contributed by atoms with Gasteiger partial charge in [-0.3, -0.25) is 9.36 Å². The third kappa shape index (κ3) is 6.15. The fourth-order valence-corrected chi connectivity index (χ4v) is 6.14. The number of carboxylic acid groups (broad SMARTS) is 1. The smallest absolute Gasteiger partial charge is 0.338 e. The second kappa shape index (κ2) is 12.9. The number of allylic oxidation sites excluding steroid dienone is 1. The molecule has 0 radical (unpaired) electrons. The topological polar surface area (TPSA) is 116 Å². The number of hydrogen-bond acceptors (Lipinski definition) is 8. The number of ether oxygens (including phenoxy) is 3. The zero-order valence-corrected chi connectivity index (χ0v) is 25.4. The van der Waals surface area contributed by atoms with Gasteiger partial charge in [-0.25, -0.2) is 19.0 Å². The van der Waals surface area contributed by atoms with Crippen LogP contribution in [-0.2, 0) is 16.1 Å².